The van der Waals surface area contributed by atoms with Gasteiger partial charge in [0.25, 0.3) is 0 Å². The van der Waals surface area contributed by atoms with E-state index in [0.717, 1.165) is 6.08 Å². The van der Waals surface area contributed by atoms with Crippen LogP contribution in [0.2, 0.25) is 0 Å². The number of hydrogen-bond acceptors (Lipinski definition) is 6. The first-order valence-corrected chi connectivity index (χ1v) is 5.33. The Morgan fingerprint density at radius 2 is 1.95 bits per heavy atom. The molecule has 100 valence electrons. The van der Waals surface area contributed by atoms with Gasteiger partial charge in [-0.3, -0.25) is 4.79 Å². The Hall–Kier alpha value is -2.63. The molecule has 0 atom stereocenters. The predicted molar refractivity (Wildman–Crippen MR) is 64.9 cm³/mol. The van der Waals surface area contributed by atoms with Gasteiger partial charge in [0.2, 0.25) is 0 Å². The number of esters is 2. The van der Waals surface area contributed by atoms with E-state index in [4.69, 9.17) is 4.74 Å². The molecule has 1 aromatic rings. The summed E-state index contributed by atoms with van der Waals surface area (Å²) in [6.07, 6.45) is 1.53. The quantitative estimate of drug-likeness (QED) is 0.358. The summed E-state index contributed by atoms with van der Waals surface area (Å²) in [7, 11) is 0. The third-order valence-electron chi connectivity index (χ3n) is 2.10. The first-order chi connectivity index (χ1) is 9.08. The van der Waals surface area contributed by atoms with Crippen LogP contribution < -0.4 is 0 Å². The maximum absolute atomic E-state index is 11.6. The monoisotopic (exact) mass is 264 g/mol. The number of hydrogen-bond donors (Lipinski definition) is 1. The second-order valence-electron chi connectivity index (χ2n) is 3.40. The van der Waals surface area contributed by atoms with Gasteiger partial charge in [0.15, 0.2) is 0 Å². The molecular formula is C13H12O6. The number of ether oxygens (including phenoxy) is 2. The van der Waals surface area contributed by atoms with Crippen molar-refractivity contribution < 1.29 is 29.0 Å². The van der Waals surface area contributed by atoms with Crippen LogP contribution in [0, 0.1) is 0 Å². The first kappa shape index (κ1) is 14.4. The number of phenolic OH excluding ortho intramolecular Hbond substituents is 1. The second kappa shape index (κ2) is 6.95. The van der Waals surface area contributed by atoms with E-state index < -0.39 is 11.9 Å². The molecule has 0 unspecified atom stereocenters. The lowest BCUT2D eigenvalue weighted by atomic mass is 10.1. The lowest BCUT2D eigenvalue weighted by Crippen LogP contribution is -2.13. The molecule has 6 nitrogen and oxygen atoms in total. The van der Waals surface area contributed by atoms with Gasteiger partial charge < -0.3 is 14.6 Å². The summed E-state index contributed by atoms with van der Waals surface area (Å²) in [6, 6.07) is 3.80. The highest BCUT2D eigenvalue weighted by molar-refractivity contribution is 5.94. The van der Waals surface area contributed by atoms with E-state index in [2.05, 4.69) is 11.3 Å². The lowest BCUT2D eigenvalue weighted by Gasteiger charge is -2.06. The van der Waals surface area contributed by atoms with Crippen molar-refractivity contribution in [1.82, 2.24) is 0 Å². The summed E-state index contributed by atoms with van der Waals surface area (Å²) >= 11 is 0. The van der Waals surface area contributed by atoms with E-state index in [9.17, 15) is 19.5 Å². The van der Waals surface area contributed by atoms with E-state index in [1.807, 2.05) is 0 Å². The normalized spacial score (nSPS) is 9.47. The predicted octanol–water partition coefficient (Wildman–Crippen LogP) is 1.09. The Morgan fingerprint density at radius 3 is 2.58 bits per heavy atom. The van der Waals surface area contributed by atoms with Gasteiger partial charge in [0.1, 0.15) is 30.8 Å². The summed E-state index contributed by atoms with van der Waals surface area (Å²) in [5, 5.41) is 9.47. The van der Waals surface area contributed by atoms with Gasteiger partial charge in [-0.05, 0) is 18.2 Å². The molecule has 0 spiro atoms. The molecular weight excluding hydrogens is 252 g/mol. The highest BCUT2D eigenvalue weighted by atomic mass is 16.6. The van der Waals surface area contributed by atoms with E-state index in [0.29, 0.717) is 6.29 Å². The summed E-state index contributed by atoms with van der Waals surface area (Å²) in [5.74, 6) is -1.73. The Kier molecular flexibility index (Phi) is 5.28. The van der Waals surface area contributed by atoms with Crippen molar-refractivity contribution in [2.24, 2.45) is 0 Å². The maximum Gasteiger partial charge on any atom is 0.342 e. The van der Waals surface area contributed by atoms with E-state index in [1.165, 1.54) is 18.2 Å². The van der Waals surface area contributed by atoms with Crippen LogP contribution in [0.5, 0.6) is 5.75 Å². The number of aldehydes is 1. The average molecular weight is 264 g/mol. The van der Waals surface area contributed by atoms with Gasteiger partial charge in [-0.15, -0.1) is 0 Å². The van der Waals surface area contributed by atoms with Crippen LogP contribution in [0.25, 0.3) is 0 Å². The van der Waals surface area contributed by atoms with Crippen LogP contribution in [0.15, 0.2) is 30.9 Å². The first-order valence-electron chi connectivity index (χ1n) is 5.33. The Balaban J connectivity index is 2.56. The third-order valence-corrected chi connectivity index (χ3v) is 2.10. The van der Waals surface area contributed by atoms with Gasteiger partial charge >= 0.3 is 11.9 Å². The highest BCUT2D eigenvalue weighted by Gasteiger charge is 2.13. The fraction of sp³-hybridized carbons (Fsp3) is 0.154. The van der Waals surface area contributed by atoms with Crippen molar-refractivity contribution in [2.75, 3.05) is 13.2 Å². The van der Waals surface area contributed by atoms with E-state index in [-0.39, 0.29) is 30.1 Å². The minimum absolute atomic E-state index is 0.120. The van der Waals surface area contributed by atoms with Crippen LogP contribution in [0.3, 0.4) is 0 Å². The van der Waals surface area contributed by atoms with Crippen molar-refractivity contribution >= 4 is 18.2 Å². The second-order valence-corrected chi connectivity index (χ2v) is 3.40. The Bertz CT molecular complexity index is 506. The number of rotatable bonds is 6. The average Bonchev–Trinajstić information content (AvgIpc) is 2.43. The van der Waals surface area contributed by atoms with Crippen LogP contribution >= 0.6 is 0 Å². The molecule has 0 aromatic heterocycles. The standard InChI is InChI=1S/C13H12O6/c1-2-12(16)18-5-6-19-13(17)10-7-9(8-14)3-4-11(10)15/h2-4,7-8,15H,1,5-6H2. The van der Waals surface area contributed by atoms with Crippen molar-refractivity contribution in [3.63, 3.8) is 0 Å². The van der Waals surface area contributed by atoms with E-state index >= 15 is 0 Å². The fourth-order valence-electron chi connectivity index (χ4n) is 1.20. The number of carbonyl (C=O) groups excluding carboxylic acids is 3. The molecule has 1 rings (SSSR count). The zero-order chi connectivity index (χ0) is 14.3. The number of aromatic hydroxyl groups is 1. The molecule has 0 fully saturated rings. The van der Waals surface area contributed by atoms with Gasteiger partial charge in [0, 0.05) is 11.6 Å². The SMILES string of the molecule is C=CC(=O)OCCOC(=O)c1cc(C=O)ccc1O. The summed E-state index contributed by atoms with van der Waals surface area (Å²) in [5.41, 5.74) is 0.113. The Morgan fingerprint density at radius 1 is 1.26 bits per heavy atom. The van der Waals surface area contributed by atoms with Gasteiger partial charge in [-0.25, -0.2) is 9.59 Å². The van der Waals surface area contributed by atoms with Crippen molar-refractivity contribution in [2.45, 2.75) is 0 Å². The van der Waals surface area contributed by atoms with Crippen molar-refractivity contribution in [3.05, 3.63) is 42.0 Å². The number of carbonyl (C=O) groups is 3. The summed E-state index contributed by atoms with van der Waals surface area (Å²) in [6.45, 7) is 2.92. The minimum Gasteiger partial charge on any atom is -0.507 e. The lowest BCUT2D eigenvalue weighted by molar-refractivity contribution is -0.138. The zero-order valence-corrected chi connectivity index (χ0v) is 10.00. The summed E-state index contributed by atoms with van der Waals surface area (Å²) < 4.78 is 9.38. The Labute approximate surface area is 109 Å². The van der Waals surface area contributed by atoms with Gasteiger partial charge in [-0.1, -0.05) is 6.58 Å². The summed E-state index contributed by atoms with van der Waals surface area (Å²) in [4.78, 5) is 32.9. The van der Waals surface area contributed by atoms with Crippen LogP contribution in [-0.4, -0.2) is 36.5 Å². The van der Waals surface area contributed by atoms with Crippen LogP contribution in [0.4, 0.5) is 0 Å². The van der Waals surface area contributed by atoms with Gasteiger partial charge in [0.05, 0.1) is 0 Å². The molecule has 0 heterocycles. The molecule has 1 aromatic carbocycles. The topological polar surface area (TPSA) is 89.9 Å². The third kappa shape index (κ3) is 4.27. The molecule has 0 amide bonds. The molecule has 0 aliphatic rings. The molecule has 0 saturated heterocycles. The molecule has 19 heavy (non-hydrogen) atoms. The largest absolute Gasteiger partial charge is 0.507 e. The minimum atomic E-state index is -0.809. The maximum atomic E-state index is 11.6. The molecule has 0 radical (unpaired) electrons. The van der Waals surface area contributed by atoms with E-state index in [1.54, 1.807) is 0 Å². The fourth-order valence-corrected chi connectivity index (χ4v) is 1.20. The molecule has 0 aliphatic carbocycles. The van der Waals surface area contributed by atoms with Crippen molar-refractivity contribution in [3.8, 4) is 5.75 Å². The number of benzene rings is 1. The van der Waals surface area contributed by atoms with Crippen LogP contribution in [0.1, 0.15) is 20.7 Å². The van der Waals surface area contributed by atoms with Gasteiger partial charge in [-0.2, -0.15) is 0 Å². The zero-order valence-electron chi connectivity index (χ0n) is 10.00. The number of phenols is 1. The molecule has 0 bridgehead atoms. The molecule has 0 saturated carbocycles. The smallest absolute Gasteiger partial charge is 0.342 e. The van der Waals surface area contributed by atoms with Crippen LogP contribution in [-0.2, 0) is 14.3 Å². The van der Waals surface area contributed by atoms with Crippen molar-refractivity contribution in [1.29, 1.82) is 0 Å². The molecule has 6 heteroatoms. The molecule has 1 N–H and O–H groups in total. The molecule has 0 aliphatic heterocycles. The highest BCUT2D eigenvalue weighted by Crippen LogP contribution is 2.18.